The average molecular weight is 496 g/mol. The number of anilines is 2. The smallest absolute Gasteiger partial charge is 0.326 e. The maximum absolute atomic E-state index is 12.0. The van der Waals surface area contributed by atoms with E-state index >= 15 is 0 Å². The molecule has 0 radical (unpaired) electrons. The van der Waals surface area contributed by atoms with Gasteiger partial charge in [0.1, 0.15) is 12.3 Å². The Morgan fingerprint density at radius 3 is 2.46 bits per heavy atom. The van der Waals surface area contributed by atoms with Crippen molar-refractivity contribution in [2.45, 2.75) is 39.8 Å². The van der Waals surface area contributed by atoms with Gasteiger partial charge in [-0.05, 0) is 61.7 Å². The second-order valence-electron chi connectivity index (χ2n) is 9.31. The van der Waals surface area contributed by atoms with E-state index in [1.807, 2.05) is 69.3 Å². The van der Waals surface area contributed by atoms with Crippen LogP contribution in [0.4, 0.5) is 11.6 Å². The summed E-state index contributed by atoms with van der Waals surface area (Å²) in [5.41, 5.74) is 8.45. The Hall–Kier alpha value is -4.59. The summed E-state index contributed by atoms with van der Waals surface area (Å²) in [6.07, 6.45) is 1.97. The zero-order valence-corrected chi connectivity index (χ0v) is 21.0. The minimum Gasteiger partial charge on any atom is -0.480 e. The Bertz CT molecular complexity index is 1500. The number of aryl methyl sites for hydroxylation is 3. The van der Waals surface area contributed by atoms with Gasteiger partial charge in [0.2, 0.25) is 11.8 Å². The Morgan fingerprint density at radius 1 is 1.03 bits per heavy atom. The molecule has 0 saturated carbocycles. The first kappa shape index (κ1) is 24.1. The van der Waals surface area contributed by atoms with Crippen LogP contribution >= 0.6 is 0 Å². The molecule has 1 unspecified atom stereocenters. The summed E-state index contributed by atoms with van der Waals surface area (Å²) < 4.78 is 5.68. The lowest BCUT2D eigenvalue weighted by molar-refractivity contribution is -0.137. The van der Waals surface area contributed by atoms with Gasteiger partial charge in [0, 0.05) is 17.7 Å². The van der Waals surface area contributed by atoms with Crippen molar-refractivity contribution in [2.75, 3.05) is 10.6 Å². The SMILES string of the molecule is Cc1cc(C)c(NC(Cc2ccc(-c3nc(CNc4nc5ccccc5[nH]4)co3)cc2)C(=O)O)c(C)c1. The molecule has 0 aliphatic carbocycles. The third-order valence-corrected chi connectivity index (χ3v) is 6.31. The van der Waals surface area contributed by atoms with E-state index in [9.17, 15) is 9.90 Å². The number of nitrogens with zero attached hydrogens (tertiary/aromatic N) is 2. The maximum atomic E-state index is 12.0. The van der Waals surface area contributed by atoms with Crippen LogP contribution in [0.25, 0.3) is 22.5 Å². The molecule has 188 valence electrons. The van der Waals surface area contributed by atoms with Gasteiger partial charge in [-0.1, -0.05) is 42.0 Å². The van der Waals surface area contributed by atoms with E-state index in [2.05, 4.69) is 37.7 Å². The largest absolute Gasteiger partial charge is 0.480 e. The molecule has 3 aromatic carbocycles. The van der Waals surface area contributed by atoms with E-state index in [1.165, 1.54) is 0 Å². The number of H-pyrrole nitrogens is 1. The van der Waals surface area contributed by atoms with Crippen molar-refractivity contribution < 1.29 is 14.3 Å². The number of oxazole rings is 1. The lowest BCUT2D eigenvalue weighted by atomic mass is 10.0. The Labute approximate surface area is 214 Å². The predicted molar refractivity (Wildman–Crippen MR) is 145 cm³/mol. The number of imidazole rings is 1. The minimum absolute atomic E-state index is 0.348. The molecule has 4 N–H and O–H groups in total. The summed E-state index contributed by atoms with van der Waals surface area (Å²) in [7, 11) is 0. The zero-order chi connectivity index (χ0) is 25.9. The Balaban J connectivity index is 1.23. The van der Waals surface area contributed by atoms with Gasteiger partial charge in [-0.15, -0.1) is 0 Å². The van der Waals surface area contributed by atoms with Gasteiger partial charge < -0.3 is 25.1 Å². The second kappa shape index (κ2) is 10.2. The predicted octanol–water partition coefficient (Wildman–Crippen LogP) is 5.86. The fraction of sp³-hybridized carbons (Fsp3) is 0.207. The molecule has 0 fully saturated rings. The summed E-state index contributed by atoms with van der Waals surface area (Å²) in [6.45, 7) is 6.49. The minimum atomic E-state index is -0.891. The van der Waals surface area contributed by atoms with Crippen molar-refractivity contribution in [1.29, 1.82) is 0 Å². The quantitative estimate of drug-likeness (QED) is 0.202. The number of benzene rings is 3. The third kappa shape index (κ3) is 5.48. The number of rotatable bonds is 9. The van der Waals surface area contributed by atoms with E-state index in [-0.39, 0.29) is 0 Å². The molecule has 2 aromatic heterocycles. The van der Waals surface area contributed by atoms with Crippen LogP contribution < -0.4 is 10.6 Å². The molecule has 0 amide bonds. The Morgan fingerprint density at radius 2 is 1.76 bits per heavy atom. The number of carbonyl (C=O) groups is 1. The van der Waals surface area contributed by atoms with Crippen LogP contribution in [0.5, 0.6) is 0 Å². The summed E-state index contributed by atoms with van der Waals surface area (Å²) in [5.74, 6) is 0.289. The standard InChI is InChI=1S/C29H29N5O3/c1-17-12-18(2)26(19(3)13-17)32-25(28(35)36)14-20-8-10-21(11-9-20)27-31-22(16-37-27)15-30-29-33-23-6-4-5-7-24(23)34-29/h4-13,16,25,32H,14-15H2,1-3H3,(H,35,36)(H2,30,33,34). The molecule has 5 rings (SSSR count). The number of fused-ring (bicyclic) bond motifs is 1. The van der Waals surface area contributed by atoms with Crippen LogP contribution in [0.3, 0.4) is 0 Å². The Kier molecular flexibility index (Phi) is 6.64. The van der Waals surface area contributed by atoms with Crippen molar-refractivity contribution in [3.63, 3.8) is 0 Å². The number of para-hydroxylation sites is 2. The molecule has 8 nitrogen and oxygen atoms in total. The highest BCUT2D eigenvalue weighted by atomic mass is 16.4. The van der Waals surface area contributed by atoms with Crippen LogP contribution in [0, 0.1) is 20.8 Å². The van der Waals surface area contributed by atoms with E-state index in [4.69, 9.17) is 4.42 Å². The van der Waals surface area contributed by atoms with Gasteiger partial charge in [-0.2, -0.15) is 0 Å². The van der Waals surface area contributed by atoms with Crippen molar-refractivity contribution >= 4 is 28.6 Å². The number of carboxylic acids is 1. The monoisotopic (exact) mass is 495 g/mol. The fourth-order valence-corrected chi connectivity index (χ4v) is 4.53. The van der Waals surface area contributed by atoms with Crippen molar-refractivity contribution in [1.82, 2.24) is 15.0 Å². The van der Waals surface area contributed by atoms with Crippen molar-refractivity contribution in [2.24, 2.45) is 0 Å². The molecule has 0 aliphatic heterocycles. The lowest BCUT2D eigenvalue weighted by Gasteiger charge is -2.20. The normalized spacial score (nSPS) is 12.0. The molecule has 0 aliphatic rings. The first-order valence-electron chi connectivity index (χ1n) is 12.2. The molecular formula is C29H29N5O3. The summed E-state index contributed by atoms with van der Waals surface area (Å²) >= 11 is 0. The third-order valence-electron chi connectivity index (χ3n) is 6.31. The molecular weight excluding hydrogens is 466 g/mol. The second-order valence-corrected chi connectivity index (χ2v) is 9.31. The molecule has 8 heteroatoms. The number of aromatic nitrogens is 3. The zero-order valence-electron chi connectivity index (χ0n) is 21.0. The van der Waals surface area contributed by atoms with Crippen LogP contribution in [-0.2, 0) is 17.8 Å². The summed E-state index contributed by atoms with van der Waals surface area (Å²) in [4.78, 5) is 24.3. The molecule has 0 spiro atoms. The van der Waals surface area contributed by atoms with E-state index < -0.39 is 12.0 Å². The van der Waals surface area contributed by atoms with E-state index in [0.717, 1.165) is 50.2 Å². The van der Waals surface area contributed by atoms with E-state index in [1.54, 1.807) is 6.26 Å². The summed E-state index contributed by atoms with van der Waals surface area (Å²) in [6, 6.07) is 18.8. The van der Waals surface area contributed by atoms with Gasteiger partial charge in [0.05, 0.1) is 23.3 Å². The molecule has 5 aromatic rings. The van der Waals surface area contributed by atoms with Gasteiger partial charge in [-0.3, -0.25) is 0 Å². The number of carboxylic acid groups (broad SMARTS) is 1. The topological polar surface area (TPSA) is 116 Å². The van der Waals surface area contributed by atoms with Crippen molar-refractivity contribution in [3.05, 3.63) is 94.9 Å². The first-order chi connectivity index (χ1) is 17.9. The van der Waals surface area contributed by atoms with E-state index in [0.29, 0.717) is 24.8 Å². The average Bonchev–Trinajstić information content (AvgIpc) is 3.51. The van der Waals surface area contributed by atoms with Crippen LogP contribution in [0.2, 0.25) is 0 Å². The lowest BCUT2D eigenvalue weighted by Crippen LogP contribution is -2.32. The van der Waals surface area contributed by atoms with Gasteiger partial charge >= 0.3 is 5.97 Å². The molecule has 1 atom stereocenters. The first-order valence-corrected chi connectivity index (χ1v) is 12.2. The molecule has 0 saturated heterocycles. The van der Waals surface area contributed by atoms with Gasteiger partial charge in [0.15, 0.2) is 0 Å². The summed E-state index contributed by atoms with van der Waals surface area (Å²) in [5, 5.41) is 16.3. The van der Waals surface area contributed by atoms with Crippen LogP contribution in [0.15, 0.2) is 71.3 Å². The van der Waals surface area contributed by atoms with Crippen LogP contribution in [-0.4, -0.2) is 32.1 Å². The van der Waals surface area contributed by atoms with Gasteiger partial charge in [-0.25, -0.2) is 14.8 Å². The fourth-order valence-electron chi connectivity index (χ4n) is 4.53. The van der Waals surface area contributed by atoms with Gasteiger partial charge in [0.25, 0.3) is 0 Å². The molecule has 37 heavy (non-hydrogen) atoms. The highest BCUT2D eigenvalue weighted by Crippen LogP contribution is 2.25. The number of hydrogen-bond donors (Lipinski definition) is 4. The van der Waals surface area contributed by atoms with Crippen molar-refractivity contribution in [3.8, 4) is 11.5 Å². The number of nitrogens with one attached hydrogen (secondary N) is 3. The maximum Gasteiger partial charge on any atom is 0.326 e. The molecule has 2 heterocycles. The molecule has 0 bridgehead atoms. The number of hydrogen-bond acceptors (Lipinski definition) is 6. The highest BCUT2D eigenvalue weighted by Gasteiger charge is 2.20. The van der Waals surface area contributed by atoms with Crippen LogP contribution in [0.1, 0.15) is 27.9 Å². The highest BCUT2D eigenvalue weighted by molar-refractivity contribution is 5.79. The number of aliphatic carboxylic acids is 1. The number of aromatic amines is 1.